The molecule has 0 saturated heterocycles. The summed E-state index contributed by atoms with van der Waals surface area (Å²) in [6.07, 6.45) is 3.75. The van der Waals surface area contributed by atoms with Crippen LogP contribution in [0.3, 0.4) is 0 Å². The first-order valence-electron chi connectivity index (χ1n) is 10.6. The van der Waals surface area contributed by atoms with E-state index < -0.39 is 5.91 Å². The van der Waals surface area contributed by atoms with E-state index in [-0.39, 0.29) is 11.7 Å². The Balaban J connectivity index is 1.36. The second-order valence-corrected chi connectivity index (χ2v) is 9.75. The van der Waals surface area contributed by atoms with Crippen molar-refractivity contribution in [3.05, 3.63) is 40.3 Å². The van der Waals surface area contributed by atoms with Crippen LogP contribution in [0.1, 0.15) is 40.6 Å². The molecule has 32 heavy (non-hydrogen) atoms. The highest BCUT2D eigenvalue weighted by molar-refractivity contribution is 7.99. The van der Waals surface area contributed by atoms with Gasteiger partial charge in [0.15, 0.2) is 5.65 Å². The Morgan fingerprint density at radius 1 is 1.25 bits per heavy atom. The predicted octanol–water partition coefficient (Wildman–Crippen LogP) is 3.77. The van der Waals surface area contributed by atoms with E-state index in [0.29, 0.717) is 15.7 Å². The van der Waals surface area contributed by atoms with Crippen LogP contribution in [0.25, 0.3) is 22.1 Å². The fourth-order valence-corrected chi connectivity index (χ4v) is 6.14. The number of fused-ring (bicyclic) bond motifs is 4. The molecular formula is C22H22N6O2S2. The van der Waals surface area contributed by atoms with Crippen molar-refractivity contribution in [2.24, 2.45) is 5.73 Å². The van der Waals surface area contributed by atoms with Gasteiger partial charge in [-0.3, -0.25) is 9.59 Å². The molecule has 3 N–H and O–H groups in total. The molecule has 5 rings (SSSR count). The highest BCUT2D eigenvalue weighted by Gasteiger charge is 2.26. The Labute approximate surface area is 192 Å². The summed E-state index contributed by atoms with van der Waals surface area (Å²) in [5.41, 5.74) is 9.65. The minimum absolute atomic E-state index is 0.113. The molecule has 164 valence electrons. The van der Waals surface area contributed by atoms with Gasteiger partial charge in [0.25, 0.3) is 5.91 Å². The number of hydrogen-bond donors (Lipinski definition) is 2. The molecule has 0 fully saturated rings. The van der Waals surface area contributed by atoms with Crippen LogP contribution in [0.5, 0.6) is 0 Å². The first kappa shape index (κ1) is 20.9. The lowest BCUT2D eigenvalue weighted by Gasteiger charge is -2.06. The van der Waals surface area contributed by atoms with Crippen LogP contribution >= 0.6 is 23.1 Å². The largest absolute Gasteiger partial charge is 0.365 e. The number of aryl methyl sites for hydroxylation is 2. The van der Waals surface area contributed by atoms with Gasteiger partial charge in [0.05, 0.1) is 16.8 Å². The van der Waals surface area contributed by atoms with Crippen molar-refractivity contribution in [1.29, 1.82) is 0 Å². The first-order chi connectivity index (χ1) is 15.6. The van der Waals surface area contributed by atoms with E-state index in [4.69, 9.17) is 10.7 Å². The fourth-order valence-electron chi connectivity index (χ4n) is 4.25. The van der Waals surface area contributed by atoms with Gasteiger partial charge in [-0.2, -0.15) is 0 Å². The number of aromatic nitrogens is 4. The van der Waals surface area contributed by atoms with Crippen LogP contribution in [-0.2, 0) is 24.2 Å². The highest BCUT2D eigenvalue weighted by Crippen LogP contribution is 2.39. The Morgan fingerprint density at radius 3 is 2.91 bits per heavy atom. The van der Waals surface area contributed by atoms with Crippen molar-refractivity contribution < 1.29 is 9.59 Å². The number of para-hydroxylation sites is 1. The number of rotatable bonds is 7. The summed E-state index contributed by atoms with van der Waals surface area (Å²) in [6, 6.07) is 8.06. The van der Waals surface area contributed by atoms with E-state index in [1.165, 1.54) is 23.1 Å². The van der Waals surface area contributed by atoms with Gasteiger partial charge in [-0.25, -0.2) is 4.98 Å². The number of hydrogen-bond acceptors (Lipinski definition) is 7. The van der Waals surface area contributed by atoms with E-state index >= 15 is 0 Å². The van der Waals surface area contributed by atoms with Crippen LogP contribution in [0, 0.1) is 0 Å². The molecule has 0 unspecified atom stereocenters. The predicted molar refractivity (Wildman–Crippen MR) is 127 cm³/mol. The lowest BCUT2D eigenvalue weighted by molar-refractivity contribution is -0.113. The van der Waals surface area contributed by atoms with Crippen LogP contribution in [0.4, 0.5) is 5.00 Å². The SMILES string of the molecule is CCCn1c2ccccc2c2nnc(SCC(=O)Nc3sc4c(c3C(N)=O)CCC4)nc21. The molecule has 1 aromatic carbocycles. The maximum atomic E-state index is 12.6. The number of anilines is 1. The van der Waals surface area contributed by atoms with Gasteiger partial charge in [-0.1, -0.05) is 36.9 Å². The molecule has 2 amide bonds. The van der Waals surface area contributed by atoms with Crippen LogP contribution < -0.4 is 11.1 Å². The lowest BCUT2D eigenvalue weighted by Crippen LogP contribution is -2.19. The molecule has 3 aromatic heterocycles. The van der Waals surface area contributed by atoms with Crippen molar-refractivity contribution >= 4 is 62.0 Å². The maximum absolute atomic E-state index is 12.6. The van der Waals surface area contributed by atoms with Gasteiger partial charge in [0, 0.05) is 16.8 Å². The normalized spacial score (nSPS) is 13.0. The summed E-state index contributed by atoms with van der Waals surface area (Å²) in [7, 11) is 0. The summed E-state index contributed by atoms with van der Waals surface area (Å²) in [5.74, 6) is -0.605. The molecule has 0 radical (unpaired) electrons. The molecule has 0 aliphatic heterocycles. The number of benzene rings is 1. The number of nitrogens with one attached hydrogen (secondary N) is 1. The monoisotopic (exact) mass is 466 g/mol. The number of thiophene rings is 1. The zero-order chi connectivity index (χ0) is 22.2. The number of amides is 2. The lowest BCUT2D eigenvalue weighted by atomic mass is 10.1. The van der Waals surface area contributed by atoms with Crippen LogP contribution in [0.15, 0.2) is 29.4 Å². The second kappa shape index (κ2) is 8.51. The molecule has 8 nitrogen and oxygen atoms in total. The molecular weight excluding hydrogens is 444 g/mol. The summed E-state index contributed by atoms with van der Waals surface area (Å²) >= 11 is 2.67. The van der Waals surface area contributed by atoms with Gasteiger partial charge in [-0.05, 0) is 37.3 Å². The van der Waals surface area contributed by atoms with Crippen molar-refractivity contribution in [2.45, 2.75) is 44.3 Å². The Hall–Kier alpha value is -2.98. The average molecular weight is 467 g/mol. The van der Waals surface area contributed by atoms with Gasteiger partial charge in [0.1, 0.15) is 10.5 Å². The molecule has 0 atom stereocenters. The van der Waals surface area contributed by atoms with Crippen molar-refractivity contribution in [1.82, 2.24) is 19.7 Å². The fraction of sp³-hybridized carbons (Fsp3) is 0.318. The van der Waals surface area contributed by atoms with Crippen molar-refractivity contribution in [3.8, 4) is 0 Å². The summed E-state index contributed by atoms with van der Waals surface area (Å²) in [5, 5.41) is 13.5. The third-order valence-electron chi connectivity index (χ3n) is 5.55. The Kier molecular flexibility index (Phi) is 5.56. The number of thioether (sulfide) groups is 1. The molecule has 10 heteroatoms. The standard InChI is InChI=1S/C22H22N6O2S2/c1-2-10-28-14-8-4-3-6-12(14)18-20(28)25-22(27-26-18)31-11-16(29)24-21-17(19(23)30)13-7-5-9-15(13)32-21/h3-4,6,8H,2,5,7,9-11H2,1H3,(H2,23,30)(H,24,29). The minimum Gasteiger partial charge on any atom is -0.365 e. The molecule has 1 aliphatic rings. The molecule has 3 heterocycles. The van der Waals surface area contributed by atoms with E-state index in [9.17, 15) is 9.59 Å². The summed E-state index contributed by atoms with van der Waals surface area (Å²) in [4.78, 5) is 30.4. The van der Waals surface area contributed by atoms with E-state index in [1.54, 1.807) is 0 Å². The number of nitrogens with two attached hydrogens (primary N) is 1. The summed E-state index contributed by atoms with van der Waals surface area (Å²) < 4.78 is 2.15. The van der Waals surface area contributed by atoms with Crippen LogP contribution in [0.2, 0.25) is 0 Å². The van der Waals surface area contributed by atoms with Gasteiger partial charge < -0.3 is 15.6 Å². The zero-order valence-corrected chi connectivity index (χ0v) is 19.2. The van der Waals surface area contributed by atoms with Crippen molar-refractivity contribution in [3.63, 3.8) is 0 Å². The van der Waals surface area contributed by atoms with E-state index in [0.717, 1.165) is 64.7 Å². The molecule has 0 bridgehead atoms. The maximum Gasteiger partial charge on any atom is 0.251 e. The number of carbonyl (C=O) groups excluding carboxylic acids is 2. The minimum atomic E-state index is -0.492. The molecule has 0 spiro atoms. The summed E-state index contributed by atoms with van der Waals surface area (Å²) in [6.45, 7) is 2.95. The first-order valence-corrected chi connectivity index (χ1v) is 12.4. The molecule has 4 aromatic rings. The Morgan fingerprint density at radius 2 is 2.09 bits per heavy atom. The van der Waals surface area contributed by atoms with Gasteiger partial charge in [-0.15, -0.1) is 21.5 Å². The van der Waals surface area contributed by atoms with Gasteiger partial charge >= 0.3 is 0 Å². The number of nitrogens with zero attached hydrogens (tertiary/aromatic N) is 4. The quantitative estimate of drug-likeness (QED) is 0.401. The van der Waals surface area contributed by atoms with Crippen LogP contribution in [-0.4, -0.2) is 37.3 Å². The molecule has 1 aliphatic carbocycles. The third-order valence-corrected chi connectivity index (χ3v) is 7.60. The third kappa shape index (κ3) is 3.63. The Bertz CT molecular complexity index is 1360. The smallest absolute Gasteiger partial charge is 0.251 e. The van der Waals surface area contributed by atoms with Crippen molar-refractivity contribution in [2.75, 3.05) is 11.1 Å². The zero-order valence-electron chi connectivity index (χ0n) is 17.6. The second-order valence-electron chi connectivity index (χ2n) is 7.70. The highest BCUT2D eigenvalue weighted by atomic mass is 32.2. The van der Waals surface area contributed by atoms with E-state index in [1.807, 2.05) is 18.2 Å². The number of primary amides is 1. The van der Waals surface area contributed by atoms with E-state index in [2.05, 4.69) is 33.1 Å². The van der Waals surface area contributed by atoms with Gasteiger partial charge in [0.2, 0.25) is 11.1 Å². The average Bonchev–Trinajstić information content (AvgIpc) is 3.44. The molecule has 0 saturated carbocycles. The number of carbonyl (C=O) groups is 2. The topological polar surface area (TPSA) is 116 Å².